The largest absolute Gasteiger partial charge is 0.352 e. The van der Waals surface area contributed by atoms with Crippen molar-refractivity contribution in [1.82, 2.24) is 14.7 Å². The summed E-state index contributed by atoms with van der Waals surface area (Å²) in [7, 11) is 0. The third-order valence-electron chi connectivity index (χ3n) is 3.18. The molecule has 0 saturated heterocycles. The van der Waals surface area contributed by atoms with E-state index in [9.17, 15) is 9.59 Å². The predicted octanol–water partition coefficient (Wildman–Crippen LogP) is 2.18. The maximum Gasteiger partial charge on any atom is 0.259 e. The van der Waals surface area contributed by atoms with Gasteiger partial charge in [-0.3, -0.25) is 9.59 Å². The number of imidazole rings is 1. The average Bonchev–Trinajstić information content (AvgIpc) is 2.88. The number of fused-ring (bicyclic) bond motifs is 3. The van der Waals surface area contributed by atoms with Gasteiger partial charge in [-0.2, -0.15) is 0 Å². The molecule has 5 nitrogen and oxygen atoms in total. The summed E-state index contributed by atoms with van der Waals surface area (Å²) in [5.41, 5.74) is 0.958. The number of rotatable bonds is 2. The molecule has 0 atom stereocenters. The number of nitrogens with one attached hydrogen (secondary N) is 2. The first kappa shape index (κ1) is 12.7. The van der Waals surface area contributed by atoms with Gasteiger partial charge in [-0.1, -0.05) is 11.6 Å². The van der Waals surface area contributed by atoms with Crippen LogP contribution in [0.25, 0.3) is 16.6 Å². The van der Waals surface area contributed by atoms with E-state index in [1.165, 1.54) is 0 Å². The summed E-state index contributed by atoms with van der Waals surface area (Å²) in [4.78, 5) is 27.6. The SMILES string of the molecule is CCNC(=O)c1c(=O)c2ccc(Cl)cc2n2cc[nH]c12. The highest BCUT2D eigenvalue weighted by molar-refractivity contribution is 6.31. The molecule has 0 aliphatic heterocycles. The highest BCUT2D eigenvalue weighted by atomic mass is 35.5. The monoisotopic (exact) mass is 289 g/mol. The van der Waals surface area contributed by atoms with Crippen LogP contribution in [-0.2, 0) is 0 Å². The second-order valence-electron chi connectivity index (χ2n) is 4.40. The zero-order valence-corrected chi connectivity index (χ0v) is 11.5. The number of benzene rings is 1. The smallest absolute Gasteiger partial charge is 0.259 e. The molecule has 0 bridgehead atoms. The quantitative estimate of drug-likeness (QED) is 0.759. The maximum atomic E-state index is 12.5. The van der Waals surface area contributed by atoms with Crippen LogP contribution in [0.15, 0.2) is 35.4 Å². The average molecular weight is 290 g/mol. The van der Waals surface area contributed by atoms with E-state index in [0.717, 1.165) is 0 Å². The fourth-order valence-electron chi connectivity index (χ4n) is 2.33. The molecule has 0 aliphatic rings. The summed E-state index contributed by atoms with van der Waals surface area (Å²) >= 11 is 5.99. The van der Waals surface area contributed by atoms with Gasteiger partial charge >= 0.3 is 0 Å². The van der Waals surface area contributed by atoms with E-state index >= 15 is 0 Å². The van der Waals surface area contributed by atoms with Gasteiger partial charge in [0.2, 0.25) is 5.43 Å². The normalized spacial score (nSPS) is 11.1. The predicted molar refractivity (Wildman–Crippen MR) is 78.5 cm³/mol. The lowest BCUT2D eigenvalue weighted by Crippen LogP contribution is -2.29. The van der Waals surface area contributed by atoms with E-state index in [1.54, 1.807) is 35.0 Å². The second kappa shape index (κ2) is 4.68. The van der Waals surface area contributed by atoms with Gasteiger partial charge in [0, 0.05) is 29.3 Å². The number of aromatic nitrogens is 2. The number of carbonyl (C=O) groups is 1. The van der Waals surface area contributed by atoms with Gasteiger partial charge in [-0.25, -0.2) is 0 Å². The zero-order chi connectivity index (χ0) is 14.3. The molecule has 20 heavy (non-hydrogen) atoms. The summed E-state index contributed by atoms with van der Waals surface area (Å²) in [5.74, 6) is -0.380. The van der Waals surface area contributed by atoms with E-state index in [0.29, 0.717) is 28.1 Å². The van der Waals surface area contributed by atoms with Gasteiger partial charge < -0.3 is 14.7 Å². The number of nitrogens with zero attached hydrogens (tertiary/aromatic N) is 1. The molecule has 0 fully saturated rings. The molecule has 2 heterocycles. The maximum absolute atomic E-state index is 12.5. The fourth-order valence-corrected chi connectivity index (χ4v) is 2.49. The number of carbonyl (C=O) groups excluding carboxylic acids is 1. The molecule has 0 saturated carbocycles. The Hall–Kier alpha value is -2.27. The first-order valence-electron chi connectivity index (χ1n) is 6.22. The standard InChI is InChI=1S/C14H12ClN3O2/c1-2-16-14(20)11-12(19)9-4-3-8(15)7-10(9)18-6-5-17-13(11)18/h3-7,17H,2H2,1H3,(H,16,20). The lowest BCUT2D eigenvalue weighted by molar-refractivity contribution is 0.0956. The van der Waals surface area contributed by atoms with Crippen molar-refractivity contribution in [1.29, 1.82) is 0 Å². The third kappa shape index (κ3) is 1.78. The van der Waals surface area contributed by atoms with Crippen molar-refractivity contribution in [3.05, 3.63) is 51.4 Å². The minimum Gasteiger partial charge on any atom is -0.352 e. The van der Waals surface area contributed by atoms with Gasteiger partial charge in [0.15, 0.2) is 0 Å². The molecular weight excluding hydrogens is 278 g/mol. The number of hydrogen-bond acceptors (Lipinski definition) is 2. The van der Waals surface area contributed by atoms with Crippen molar-refractivity contribution in [3.8, 4) is 0 Å². The molecule has 2 aromatic heterocycles. The summed E-state index contributed by atoms with van der Waals surface area (Å²) in [6, 6.07) is 4.99. The van der Waals surface area contributed by atoms with Crippen molar-refractivity contribution >= 4 is 34.1 Å². The number of aromatic amines is 1. The minimum atomic E-state index is -0.380. The van der Waals surface area contributed by atoms with Crippen LogP contribution in [0.3, 0.4) is 0 Å². The summed E-state index contributed by atoms with van der Waals surface area (Å²) in [6.45, 7) is 2.27. The molecule has 6 heteroatoms. The van der Waals surface area contributed by atoms with Gasteiger partial charge in [-0.05, 0) is 25.1 Å². The van der Waals surface area contributed by atoms with Crippen LogP contribution in [0.5, 0.6) is 0 Å². The summed E-state index contributed by atoms with van der Waals surface area (Å²) < 4.78 is 1.76. The molecule has 3 rings (SSSR count). The van der Waals surface area contributed by atoms with E-state index in [-0.39, 0.29) is 16.9 Å². The molecule has 1 amide bonds. The Morgan fingerprint density at radius 3 is 3.00 bits per heavy atom. The van der Waals surface area contributed by atoms with E-state index in [4.69, 9.17) is 11.6 Å². The van der Waals surface area contributed by atoms with Gasteiger partial charge in [0.25, 0.3) is 5.91 Å². The highest BCUT2D eigenvalue weighted by Crippen LogP contribution is 2.20. The Balaban J connectivity index is 2.48. The number of halogens is 1. The Labute approximate surface area is 119 Å². The van der Waals surface area contributed by atoms with Gasteiger partial charge in [0.05, 0.1) is 5.52 Å². The first-order chi connectivity index (χ1) is 9.63. The van der Waals surface area contributed by atoms with Crippen LogP contribution in [0.2, 0.25) is 5.02 Å². The number of pyridine rings is 1. The number of amides is 1. The zero-order valence-electron chi connectivity index (χ0n) is 10.7. The van der Waals surface area contributed by atoms with Crippen molar-refractivity contribution < 1.29 is 4.79 Å². The molecular formula is C14H12ClN3O2. The fraction of sp³-hybridized carbons (Fsp3) is 0.143. The Bertz CT molecular complexity index is 879. The summed E-state index contributed by atoms with van der Waals surface area (Å²) in [5, 5.41) is 3.67. The second-order valence-corrected chi connectivity index (χ2v) is 4.84. The Morgan fingerprint density at radius 2 is 2.25 bits per heavy atom. The lowest BCUT2D eigenvalue weighted by Gasteiger charge is -2.08. The van der Waals surface area contributed by atoms with E-state index < -0.39 is 0 Å². The minimum absolute atomic E-state index is 0.117. The number of hydrogen-bond donors (Lipinski definition) is 2. The highest BCUT2D eigenvalue weighted by Gasteiger charge is 2.18. The molecule has 3 aromatic rings. The van der Waals surface area contributed by atoms with E-state index in [1.807, 2.05) is 6.92 Å². The van der Waals surface area contributed by atoms with Crippen LogP contribution < -0.4 is 10.7 Å². The van der Waals surface area contributed by atoms with Crippen molar-refractivity contribution in [3.63, 3.8) is 0 Å². The van der Waals surface area contributed by atoms with E-state index in [2.05, 4.69) is 10.3 Å². The summed E-state index contributed by atoms with van der Waals surface area (Å²) in [6.07, 6.45) is 3.44. The molecule has 102 valence electrons. The van der Waals surface area contributed by atoms with Crippen LogP contribution in [0.4, 0.5) is 0 Å². The molecule has 0 spiro atoms. The molecule has 1 aromatic carbocycles. The Kier molecular flexibility index (Phi) is 2.99. The van der Waals surface area contributed by atoms with Crippen LogP contribution in [0, 0.1) is 0 Å². The lowest BCUT2D eigenvalue weighted by atomic mass is 10.1. The van der Waals surface area contributed by atoms with Crippen LogP contribution >= 0.6 is 11.6 Å². The van der Waals surface area contributed by atoms with Crippen molar-refractivity contribution in [2.24, 2.45) is 0 Å². The topological polar surface area (TPSA) is 66.4 Å². The van der Waals surface area contributed by atoms with Crippen molar-refractivity contribution in [2.75, 3.05) is 6.54 Å². The molecule has 0 aliphatic carbocycles. The molecule has 2 N–H and O–H groups in total. The first-order valence-corrected chi connectivity index (χ1v) is 6.60. The Morgan fingerprint density at radius 1 is 1.45 bits per heavy atom. The van der Waals surface area contributed by atoms with Crippen LogP contribution in [0.1, 0.15) is 17.3 Å². The van der Waals surface area contributed by atoms with Crippen LogP contribution in [-0.4, -0.2) is 21.8 Å². The third-order valence-corrected chi connectivity index (χ3v) is 3.41. The van der Waals surface area contributed by atoms with Gasteiger partial charge in [-0.15, -0.1) is 0 Å². The number of H-pyrrole nitrogens is 1. The van der Waals surface area contributed by atoms with Crippen molar-refractivity contribution in [2.45, 2.75) is 6.92 Å². The molecule has 0 radical (unpaired) electrons. The van der Waals surface area contributed by atoms with Gasteiger partial charge in [0.1, 0.15) is 11.2 Å². The molecule has 0 unspecified atom stereocenters.